The number of hydrogen-bond donors (Lipinski definition) is 1. The van der Waals surface area contributed by atoms with Gasteiger partial charge >= 0.3 is 18.7 Å². The summed E-state index contributed by atoms with van der Waals surface area (Å²) in [6.45, 7) is 1.06. The summed E-state index contributed by atoms with van der Waals surface area (Å²) in [5.41, 5.74) is 1.15. The molecule has 0 heterocycles. The van der Waals surface area contributed by atoms with Gasteiger partial charge in [0, 0.05) is 23.3 Å². The van der Waals surface area contributed by atoms with Crippen LogP contribution in [0.15, 0.2) is 42.5 Å². The molecular formula is C26H29ClF7NO3. The minimum atomic E-state index is -4.89. The highest BCUT2D eigenvalue weighted by atomic mass is 35.5. The Bertz CT molecular complexity index is 1050. The van der Waals surface area contributed by atoms with Gasteiger partial charge in [0.25, 0.3) is 0 Å². The highest BCUT2D eigenvalue weighted by molar-refractivity contribution is 6.31. The van der Waals surface area contributed by atoms with E-state index in [2.05, 4.69) is 4.74 Å². The van der Waals surface area contributed by atoms with Crippen LogP contribution >= 0.6 is 11.6 Å². The minimum Gasteiger partial charge on any atom is -0.457 e. The second-order valence-electron chi connectivity index (χ2n) is 9.30. The van der Waals surface area contributed by atoms with Gasteiger partial charge in [-0.15, -0.1) is 0 Å². The Balaban J connectivity index is 1.80. The van der Waals surface area contributed by atoms with Gasteiger partial charge in [0.2, 0.25) is 0 Å². The van der Waals surface area contributed by atoms with Gasteiger partial charge in [-0.3, -0.25) is 0 Å². The molecule has 2 aromatic rings. The van der Waals surface area contributed by atoms with Crippen LogP contribution in [0.25, 0.3) is 0 Å². The van der Waals surface area contributed by atoms with Gasteiger partial charge in [-0.05, 0) is 67.5 Å². The topological polar surface area (TPSA) is 41.9 Å². The number of benzene rings is 2. The minimum absolute atomic E-state index is 0.0400. The first-order valence-electron chi connectivity index (χ1n) is 12.2. The number of nitrogens with zero attached hydrogens (tertiary/aromatic N) is 1. The lowest BCUT2D eigenvalue weighted by Crippen LogP contribution is -2.44. The van der Waals surface area contributed by atoms with E-state index in [0.29, 0.717) is 41.5 Å². The lowest BCUT2D eigenvalue weighted by molar-refractivity contribution is -0.322. The van der Waals surface area contributed by atoms with Crippen molar-refractivity contribution in [3.8, 4) is 11.5 Å². The lowest BCUT2D eigenvalue weighted by atomic mass is 9.86. The van der Waals surface area contributed by atoms with Gasteiger partial charge in [-0.25, -0.2) is 8.78 Å². The fourth-order valence-corrected chi connectivity index (χ4v) is 4.71. The van der Waals surface area contributed by atoms with Gasteiger partial charge in [0.05, 0.1) is 12.6 Å². The summed E-state index contributed by atoms with van der Waals surface area (Å²) in [4.78, 5) is 1.29. The van der Waals surface area contributed by atoms with Crippen LogP contribution in [-0.4, -0.2) is 49.1 Å². The second kappa shape index (κ2) is 12.7. The van der Waals surface area contributed by atoms with E-state index in [1.165, 1.54) is 17.0 Å². The first-order chi connectivity index (χ1) is 17.8. The highest BCUT2D eigenvalue weighted by Crippen LogP contribution is 2.36. The summed E-state index contributed by atoms with van der Waals surface area (Å²) in [5.74, 6) is 0.355. The van der Waals surface area contributed by atoms with Gasteiger partial charge in [-0.2, -0.15) is 22.0 Å². The Hall–Kier alpha value is -2.24. The van der Waals surface area contributed by atoms with E-state index in [4.69, 9.17) is 16.3 Å². The largest absolute Gasteiger partial charge is 0.457 e. The summed E-state index contributed by atoms with van der Waals surface area (Å²) >= 11 is 6.14. The molecule has 0 radical (unpaired) electrons. The maximum absolute atomic E-state index is 13.4. The molecule has 12 heteroatoms. The number of aliphatic hydroxyl groups excluding tert-OH is 1. The molecule has 4 nitrogen and oxygen atoms in total. The van der Waals surface area contributed by atoms with Crippen molar-refractivity contribution in [2.24, 2.45) is 5.92 Å². The van der Waals surface area contributed by atoms with Crippen LogP contribution in [0.1, 0.15) is 38.2 Å². The number of ether oxygens (including phenoxy) is 2. The maximum Gasteiger partial charge on any atom is 0.416 e. The first kappa shape index (κ1) is 30.3. The molecule has 0 amide bonds. The van der Waals surface area contributed by atoms with Crippen molar-refractivity contribution < 1.29 is 45.3 Å². The van der Waals surface area contributed by atoms with Crippen molar-refractivity contribution >= 4 is 17.3 Å². The van der Waals surface area contributed by atoms with Crippen molar-refractivity contribution in [2.45, 2.75) is 69.9 Å². The molecule has 3 unspecified atom stereocenters. The molecule has 2 aromatic carbocycles. The van der Waals surface area contributed by atoms with Crippen LogP contribution in [0.3, 0.4) is 0 Å². The SMILES string of the molecule is CCc1cc(Oc2cccc(N(CC3CCCC(OC(F)(F)C(F)F)C3)CC(O)C(F)(F)F)c2)ccc1Cl. The van der Waals surface area contributed by atoms with Crippen LogP contribution < -0.4 is 9.64 Å². The van der Waals surface area contributed by atoms with Crippen LogP contribution in [0.5, 0.6) is 11.5 Å². The van der Waals surface area contributed by atoms with Gasteiger partial charge in [0.1, 0.15) is 11.5 Å². The summed E-state index contributed by atoms with van der Waals surface area (Å²) in [6.07, 6.45) is -15.7. The molecule has 212 valence electrons. The monoisotopic (exact) mass is 571 g/mol. The average Bonchev–Trinajstić information content (AvgIpc) is 2.84. The zero-order chi connectivity index (χ0) is 28.1. The molecule has 3 rings (SSSR count). The zero-order valence-electron chi connectivity index (χ0n) is 20.5. The number of halogens is 8. The second-order valence-corrected chi connectivity index (χ2v) is 9.71. The molecule has 38 heavy (non-hydrogen) atoms. The van der Waals surface area contributed by atoms with Crippen molar-refractivity contribution in [3.05, 3.63) is 53.1 Å². The molecule has 0 spiro atoms. The van der Waals surface area contributed by atoms with Gasteiger partial charge in [-0.1, -0.05) is 31.0 Å². The molecule has 0 bridgehead atoms. The Labute approximate surface area is 221 Å². The standard InChI is InChI=1S/C26H29ClF7NO3/c1-2-17-12-20(9-10-22(17)27)37-19-7-4-6-18(13-19)35(15-23(36)25(30,31)32)14-16-5-3-8-21(11-16)38-26(33,34)24(28)29/h4,6-7,9-10,12-13,16,21,23-24,36H,2-3,5,8,11,14-15H2,1H3. The Morgan fingerprint density at radius 3 is 2.42 bits per heavy atom. The quantitative estimate of drug-likeness (QED) is 0.279. The predicted molar refractivity (Wildman–Crippen MR) is 129 cm³/mol. The van der Waals surface area contributed by atoms with E-state index in [1.807, 2.05) is 6.92 Å². The third-order valence-electron chi connectivity index (χ3n) is 6.38. The molecule has 3 atom stereocenters. The summed E-state index contributed by atoms with van der Waals surface area (Å²) in [5, 5.41) is 10.4. The van der Waals surface area contributed by atoms with E-state index in [0.717, 1.165) is 5.56 Å². The van der Waals surface area contributed by atoms with Gasteiger partial charge < -0.3 is 19.5 Å². The van der Waals surface area contributed by atoms with Crippen molar-refractivity contribution in [3.63, 3.8) is 0 Å². The first-order valence-corrected chi connectivity index (χ1v) is 12.6. The van der Waals surface area contributed by atoms with E-state index >= 15 is 0 Å². The third-order valence-corrected chi connectivity index (χ3v) is 6.75. The van der Waals surface area contributed by atoms with E-state index < -0.39 is 43.4 Å². The van der Waals surface area contributed by atoms with Crippen molar-refractivity contribution in [1.29, 1.82) is 0 Å². The lowest BCUT2D eigenvalue weighted by Gasteiger charge is -2.36. The Morgan fingerprint density at radius 2 is 1.76 bits per heavy atom. The molecule has 1 N–H and O–H groups in total. The third kappa shape index (κ3) is 8.38. The summed E-state index contributed by atoms with van der Waals surface area (Å²) in [6, 6.07) is 11.3. The smallest absolute Gasteiger partial charge is 0.416 e. The number of alkyl halides is 7. The van der Waals surface area contributed by atoms with Crippen LogP contribution in [0.4, 0.5) is 36.4 Å². The Morgan fingerprint density at radius 1 is 1.05 bits per heavy atom. The number of rotatable bonds is 11. The molecular weight excluding hydrogens is 543 g/mol. The maximum atomic E-state index is 13.4. The number of hydrogen-bond acceptors (Lipinski definition) is 4. The van der Waals surface area contributed by atoms with Crippen LogP contribution in [0, 0.1) is 5.92 Å². The molecule has 1 aliphatic rings. The van der Waals surface area contributed by atoms with Crippen molar-refractivity contribution in [2.75, 3.05) is 18.0 Å². The van der Waals surface area contributed by atoms with E-state index in [9.17, 15) is 35.8 Å². The molecule has 0 aromatic heterocycles. The average molecular weight is 572 g/mol. The molecule has 1 fully saturated rings. The normalized spacial score (nSPS) is 19.4. The van der Waals surface area contributed by atoms with Crippen molar-refractivity contribution in [1.82, 2.24) is 0 Å². The van der Waals surface area contributed by atoms with Crippen LogP contribution in [-0.2, 0) is 11.2 Å². The number of anilines is 1. The molecule has 0 saturated heterocycles. The number of aryl methyl sites for hydroxylation is 1. The fourth-order valence-electron chi connectivity index (χ4n) is 4.46. The number of aliphatic hydroxyl groups is 1. The van der Waals surface area contributed by atoms with Crippen LogP contribution in [0.2, 0.25) is 5.02 Å². The van der Waals surface area contributed by atoms with Gasteiger partial charge in [0.15, 0.2) is 6.10 Å². The summed E-state index contributed by atoms with van der Waals surface area (Å²) < 4.78 is 102. The molecule has 1 saturated carbocycles. The Kier molecular flexibility index (Phi) is 10.2. The molecule has 0 aliphatic heterocycles. The van der Waals surface area contributed by atoms with E-state index in [1.54, 1.807) is 30.3 Å². The highest BCUT2D eigenvalue weighted by Gasteiger charge is 2.45. The predicted octanol–water partition coefficient (Wildman–Crippen LogP) is 7.86. The molecule has 1 aliphatic carbocycles. The van der Waals surface area contributed by atoms with E-state index in [-0.39, 0.29) is 19.4 Å². The summed E-state index contributed by atoms with van der Waals surface area (Å²) in [7, 11) is 0. The fraction of sp³-hybridized carbons (Fsp3) is 0.538. The zero-order valence-corrected chi connectivity index (χ0v) is 21.3.